The Labute approximate surface area is 230 Å². The van der Waals surface area contributed by atoms with Crippen molar-refractivity contribution in [2.75, 3.05) is 7.11 Å². The lowest BCUT2D eigenvalue weighted by molar-refractivity contribution is -0.148. The summed E-state index contributed by atoms with van der Waals surface area (Å²) in [5.74, 6) is -2.05. The second-order valence-corrected chi connectivity index (χ2v) is 12.4. The van der Waals surface area contributed by atoms with Crippen molar-refractivity contribution in [3.05, 3.63) is 82.4 Å². The van der Waals surface area contributed by atoms with E-state index in [-0.39, 0.29) is 57.7 Å². The van der Waals surface area contributed by atoms with E-state index in [9.17, 15) is 27.1 Å². The van der Waals surface area contributed by atoms with Crippen LogP contribution in [0.1, 0.15) is 43.1 Å². The van der Waals surface area contributed by atoms with Gasteiger partial charge in [-0.1, -0.05) is 17.7 Å². The lowest BCUT2D eigenvalue weighted by Gasteiger charge is -2.35. The van der Waals surface area contributed by atoms with Crippen LogP contribution in [0, 0.1) is 17.0 Å². The Hall–Kier alpha value is -3.37. The molecule has 0 radical (unpaired) electrons. The lowest BCUT2D eigenvalue weighted by atomic mass is 9.84. The van der Waals surface area contributed by atoms with Crippen molar-refractivity contribution in [2.45, 2.75) is 49.5 Å². The molecule has 3 aromatic rings. The number of carboxylic acid groups (broad SMARTS) is 1. The van der Waals surface area contributed by atoms with Crippen LogP contribution in [-0.2, 0) is 21.2 Å². The first-order valence-corrected chi connectivity index (χ1v) is 13.9. The molecule has 0 amide bonds. The third-order valence-corrected chi connectivity index (χ3v) is 9.15. The number of methoxy groups -OCH3 is 1. The molecule has 0 saturated carbocycles. The molecule has 0 aromatic heterocycles. The first-order valence-electron chi connectivity index (χ1n) is 12.0. The fourth-order valence-electron chi connectivity index (χ4n) is 4.45. The van der Waals surface area contributed by atoms with Crippen LogP contribution in [0.4, 0.5) is 8.78 Å². The number of carboxylic acids is 1. The average molecular weight is 581 g/mol. The van der Waals surface area contributed by atoms with Crippen molar-refractivity contribution < 1.29 is 41.3 Å². The van der Waals surface area contributed by atoms with Crippen molar-refractivity contribution in [2.24, 2.45) is 5.41 Å². The van der Waals surface area contributed by atoms with Crippen LogP contribution in [0.25, 0.3) is 0 Å². The van der Waals surface area contributed by atoms with E-state index in [0.717, 1.165) is 18.2 Å². The van der Waals surface area contributed by atoms with Gasteiger partial charge in [0.1, 0.15) is 30.0 Å². The minimum Gasteiger partial charge on any atom is -0.494 e. The van der Waals surface area contributed by atoms with Gasteiger partial charge in [0.05, 0.1) is 27.7 Å². The van der Waals surface area contributed by atoms with Gasteiger partial charge >= 0.3 is 5.97 Å². The molecule has 4 rings (SSSR count). The van der Waals surface area contributed by atoms with Gasteiger partial charge in [0.2, 0.25) is 0 Å². The molecule has 1 heterocycles. The monoisotopic (exact) mass is 580 g/mol. The predicted octanol–water partition coefficient (Wildman–Crippen LogP) is 6.37. The number of ether oxygens (including phenoxy) is 3. The van der Waals surface area contributed by atoms with E-state index in [1.165, 1.54) is 51.3 Å². The summed E-state index contributed by atoms with van der Waals surface area (Å²) in [5, 5.41) is 8.62. The molecule has 1 aliphatic heterocycles. The smallest absolute Gasteiger partial charge is 0.309 e. The Morgan fingerprint density at radius 3 is 2.54 bits per heavy atom. The maximum absolute atomic E-state index is 14.2. The first-order chi connectivity index (χ1) is 18.3. The number of carbonyl (C=O) groups is 1. The summed E-state index contributed by atoms with van der Waals surface area (Å²) in [7, 11) is -2.91. The molecule has 1 N–H and O–H groups in total. The van der Waals surface area contributed by atoms with Gasteiger partial charge in [-0.25, -0.2) is 17.2 Å². The number of rotatable bonds is 9. The number of fused-ring (bicyclic) bond motifs is 1. The van der Waals surface area contributed by atoms with E-state index in [0.29, 0.717) is 0 Å². The molecule has 7 nitrogen and oxygen atoms in total. The number of hydrogen-bond acceptors (Lipinski definition) is 6. The Balaban J connectivity index is 1.73. The molecule has 11 heteroatoms. The second kappa shape index (κ2) is 11.0. The average Bonchev–Trinajstić information content (AvgIpc) is 2.87. The maximum Gasteiger partial charge on any atom is 0.309 e. The molecule has 2 atom stereocenters. The summed E-state index contributed by atoms with van der Waals surface area (Å²) < 4.78 is 72.8. The van der Waals surface area contributed by atoms with Crippen LogP contribution in [-0.4, -0.2) is 32.7 Å². The number of halogens is 3. The van der Waals surface area contributed by atoms with Gasteiger partial charge in [0, 0.05) is 23.6 Å². The lowest BCUT2D eigenvalue weighted by Crippen LogP contribution is -2.36. The molecule has 0 spiro atoms. The fourth-order valence-corrected chi connectivity index (χ4v) is 6.51. The Bertz CT molecular complexity index is 1490. The number of benzene rings is 3. The molecular formula is C28H27ClF2O7S. The summed E-state index contributed by atoms with van der Waals surface area (Å²) in [6.45, 7) is 2.87. The Morgan fingerprint density at radius 1 is 1.13 bits per heavy atom. The van der Waals surface area contributed by atoms with Gasteiger partial charge in [-0.2, -0.15) is 0 Å². The minimum atomic E-state index is -4.14. The second-order valence-electron chi connectivity index (χ2n) is 9.89. The van der Waals surface area contributed by atoms with Gasteiger partial charge < -0.3 is 19.3 Å². The molecule has 0 bridgehead atoms. The standard InChI is InChI=1S/C28H27ClF2O7S/c1-28(2,27(32)33)14-17-12-26(39(34,35)18-8-9-23(31)25(13-18)36-3)19-11-16(7-10-24(19)38-17)37-15-20-21(29)5-4-6-22(20)30/h4-11,13,17,26H,12,14-15H2,1-3H3,(H,32,33). The van der Waals surface area contributed by atoms with Crippen LogP contribution < -0.4 is 14.2 Å². The fraction of sp³-hybridized carbons (Fsp3) is 0.321. The Kier molecular flexibility index (Phi) is 8.09. The predicted molar refractivity (Wildman–Crippen MR) is 140 cm³/mol. The van der Waals surface area contributed by atoms with Gasteiger partial charge in [0.25, 0.3) is 0 Å². The third-order valence-electron chi connectivity index (χ3n) is 6.69. The Morgan fingerprint density at radius 2 is 1.87 bits per heavy atom. The molecule has 0 fully saturated rings. The maximum atomic E-state index is 14.2. The quantitative estimate of drug-likeness (QED) is 0.293. The van der Waals surface area contributed by atoms with Gasteiger partial charge in [-0.3, -0.25) is 4.79 Å². The molecule has 3 aromatic carbocycles. The van der Waals surface area contributed by atoms with Gasteiger partial charge in [-0.15, -0.1) is 0 Å². The zero-order valence-corrected chi connectivity index (χ0v) is 23.0. The van der Waals surface area contributed by atoms with Crippen LogP contribution in [0.5, 0.6) is 17.2 Å². The zero-order chi connectivity index (χ0) is 28.5. The third kappa shape index (κ3) is 5.96. The molecule has 0 aliphatic carbocycles. The SMILES string of the molecule is COc1cc(S(=O)(=O)C2CC(CC(C)(C)C(=O)O)Oc3ccc(OCc4c(F)cccc4Cl)cc32)ccc1F. The molecule has 1 aliphatic rings. The van der Waals surface area contributed by atoms with E-state index in [4.69, 9.17) is 25.8 Å². The largest absolute Gasteiger partial charge is 0.494 e. The summed E-state index contributed by atoms with van der Waals surface area (Å²) in [6, 6.07) is 12.1. The highest BCUT2D eigenvalue weighted by atomic mass is 35.5. The highest BCUT2D eigenvalue weighted by molar-refractivity contribution is 7.91. The molecule has 39 heavy (non-hydrogen) atoms. The van der Waals surface area contributed by atoms with E-state index in [1.807, 2.05) is 0 Å². The van der Waals surface area contributed by atoms with Gasteiger partial charge in [-0.05, 0) is 62.7 Å². The van der Waals surface area contributed by atoms with E-state index < -0.39 is 44.2 Å². The van der Waals surface area contributed by atoms with Crippen molar-refractivity contribution in [3.8, 4) is 17.2 Å². The van der Waals surface area contributed by atoms with Gasteiger partial charge in [0.15, 0.2) is 21.4 Å². The number of hydrogen-bond donors (Lipinski definition) is 1. The molecular weight excluding hydrogens is 554 g/mol. The summed E-state index contributed by atoms with van der Waals surface area (Å²) >= 11 is 6.09. The normalized spacial score (nSPS) is 17.2. The summed E-state index contributed by atoms with van der Waals surface area (Å²) in [4.78, 5) is 11.6. The van der Waals surface area contributed by atoms with Crippen LogP contribution in [0.15, 0.2) is 59.5 Å². The van der Waals surface area contributed by atoms with E-state index >= 15 is 0 Å². The van der Waals surface area contributed by atoms with Crippen molar-refractivity contribution >= 4 is 27.4 Å². The first kappa shape index (κ1) is 28.6. The van der Waals surface area contributed by atoms with Crippen molar-refractivity contribution in [3.63, 3.8) is 0 Å². The van der Waals surface area contributed by atoms with Crippen molar-refractivity contribution in [1.82, 2.24) is 0 Å². The van der Waals surface area contributed by atoms with Crippen molar-refractivity contribution in [1.29, 1.82) is 0 Å². The molecule has 0 saturated heterocycles. The minimum absolute atomic E-state index is 0.0462. The zero-order valence-electron chi connectivity index (χ0n) is 21.4. The van der Waals surface area contributed by atoms with E-state index in [2.05, 4.69) is 0 Å². The summed E-state index contributed by atoms with van der Waals surface area (Å²) in [5.41, 5.74) is -0.760. The van der Waals surface area contributed by atoms with Crippen LogP contribution in [0.2, 0.25) is 5.02 Å². The number of sulfone groups is 1. The topological polar surface area (TPSA) is 99.1 Å². The summed E-state index contributed by atoms with van der Waals surface area (Å²) in [6.07, 6.45) is -0.756. The molecule has 2 unspecified atom stereocenters. The molecule has 208 valence electrons. The highest BCUT2D eigenvalue weighted by Gasteiger charge is 2.42. The highest BCUT2D eigenvalue weighted by Crippen LogP contribution is 2.46. The van der Waals surface area contributed by atoms with Crippen LogP contribution >= 0.6 is 11.6 Å². The van der Waals surface area contributed by atoms with E-state index in [1.54, 1.807) is 6.07 Å². The van der Waals surface area contributed by atoms with Crippen LogP contribution in [0.3, 0.4) is 0 Å². The number of aliphatic carboxylic acids is 1.